The van der Waals surface area contributed by atoms with Gasteiger partial charge in [-0.1, -0.05) is 18.2 Å². The Kier molecular flexibility index (Phi) is 3.89. The molecular formula is C17H26N+. The molecule has 0 fully saturated rings. The largest absolute Gasteiger partial charge is 0.362 e. The minimum Gasteiger partial charge on any atom is -0.362 e. The van der Waals surface area contributed by atoms with E-state index in [4.69, 9.17) is 0 Å². The van der Waals surface area contributed by atoms with E-state index in [0.29, 0.717) is 0 Å². The van der Waals surface area contributed by atoms with E-state index >= 15 is 0 Å². The van der Waals surface area contributed by atoms with Crippen LogP contribution in [0, 0.1) is 5.92 Å². The van der Waals surface area contributed by atoms with Crippen LogP contribution in [-0.2, 0) is 6.42 Å². The van der Waals surface area contributed by atoms with Crippen molar-refractivity contribution >= 4 is 5.69 Å². The second-order valence-electron chi connectivity index (χ2n) is 6.18. The van der Waals surface area contributed by atoms with E-state index in [1.54, 1.807) is 5.92 Å². The number of rotatable bonds is 4. The van der Waals surface area contributed by atoms with Crippen molar-refractivity contribution in [2.75, 3.05) is 11.4 Å². The summed E-state index contributed by atoms with van der Waals surface area (Å²) in [6.45, 7) is 10.5. The second-order valence-corrected chi connectivity index (χ2v) is 6.18. The van der Waals surface area contributed by atoms with Gasteiger partial charge in [0, 0.05) is 12.2 Å². The highest BCUT2D eigenvalue weighted by atomic mass is 15.2. The fourth-order valence-corrected chi connectivity index (χ4v) is 3.12. The van der Waals surface area contributed by atoms with Crippen LogP contribution in [0.15, 0.2) is 24.3 Å². The SMILES string of the molecule is CC[C+](C)CC(C)(C)N1CCCc2ccccc21. The number of benzene rings is 1. The quantitative estimate of drug-likeness (QED) is 0.699. The van der Waals surface area contributed by atoms with Crippen molar-refractivity contribution in [1.29, 1.82) is 0 Å². The minimum absolute atomic E-state index is 0.233. The summed E-state index contributed by atoms with van der Waals surface area (Å²) in [5.74, 6) is 1.60. The normalized spacial score (nSPS) is 15.4. The summed E-state index contributed by atoms with van der Waals surface area (Å²) in [6, 6.07) is 8.91. The average molecular weight is 244 g/mol. The van der Waals surface area contributed by atoms with Gasteiger partial charge in [-0.05, 0) is 45.2 Å². The van der Waals surface area contributed by atoms with Gasteiger partial charge < -0.3 is 4.90 Å². The number of hydrogen-bond acceptors (Lipinski definition) is 1. The van der Waals surface area contributed by atoms with Gasteiger partial charge >= 0.3 is 0 Å². The number of para-hydroxylation sites is 1. The Morgan fingerprint density at radius 2 is 2.00 bits per heavy atom. The molecule has 0 unspecified atom stereocenters. The van der Waals surface area contributed by atoms with Gasteiger partial charge in [-0.15, -0.1) is 0 Å². The van der Waals surface area contributed by atoms with E-state index in [0.717, 1.165) is 0 Å². The van der Waals surface area contributed by atoms with Gasteiger partial charge in [-0.25, -0.2) is 0 Å². The van der Waals surface area contributed by atoms with Gasteiger partial charge in [0.25, 0.3) is 0 Å². The fraction of sp³-hybridized carbons (Fsp3) is 0.588. The van der Waals surface area contributed by atoms with Gasteiger partial charge in [0.1, 0.15) is 6.42 Å². The van der Waals surface area contributed by atoms with E-state index in [-0.39, 0.29) is 5.54 Å². The summed E-state index contributed by atoms with van der Waals surface area (Å²) >= 11 is 0. The summed E-state index contributed by atoms with van der Waals surface area (Å²) in [4.78, 5) is 2.62. The Labute approximate surface area is 112 Å². The molecule has 0 spiro atoms. The lowest BCUT2D eigenvalue weighted by Gasteiger charge is -2.42. The van der Waals surface area contributed by atoms with Gasteiger partial charge in [0.2, 0.25) is 0 Å². The van der Waals surface area contributed by atoms with Crippen molar-refractivity contribution in [2.45, 2.75) is 58.9 Å². The van der Waals surface area contributed by atoms with Crippen LogP contribution < -0.4 is 4.90 Å². The highest BCUT2D eigenvalue weighted by molar-refractivity contribution is 5.57. The molecule has 2 rings (SSSR count). The van der Waals surface area contributed by atoms with E-state index in [2.05, 4.69) is 56.9 Å². The van der Waals surface area contributed by atoms with Gasteiger partial charge in [-0.3, -0.25) is 0 Å². The predicted molar refractivity (Wildman–Crippen MR) is 80.0 cm³/mol. The first-order valence-corrected chi connectivity index (χ1v) is 7.21. The molecule has 1 aromatic carbocycles. The maximum absolute atomic E-state index is 2.62. The Balaban J connectivity index is 2.23. The second kappa shape index (κ2) is 5.26. The average Bonchev–Trinajstić information content (AvgIpc) is 2.37. The summed E-state index contributed by atoms with van der Waals surface area (Å²) in [5, 5.41) is 0. The maximum atomic E-state index is 2.62. The molecule has 0 N–H and O–H groups in total. The third-order valence-electron chi connectivity index (χ3n) is 4.18. The number of aryl methyl sites for hydroxylation is 1. The topological polar surface area (TPSA) is 3.24 Å². The Hall–Kier alpha value is -1.11. The number of fused-ring (bicyclic) bond motifs is 1. The van der Waals surface area contributed by atoms with Crippen LogP contribution in [0.2, 0.25) is 0 Å². The van der Waals surface area contributed by atoms with Crippen LogP contribution in [0.1, 0.15) is 52.5 Å². The lowest BCUT2D eigenvalue weighted by molar-refractivity contribution is 0.417. The molecule has 98 valence electrons. The Morgan fingerprint density at radius 1 is 1.28 bits per heavy atom. The number of anilines is 1. The highest BCUT2D eigenvalue weighted by Gasteiger charge is 2.35. The molecule has 0 bridgehead atoms. The summed E-state index contributed by atoms with van der Waals surface area (Å²) in [5.41, 5.74) is 3.21. The minimum atomic E-state index is 0.233. The zero-order valence-electron chi connectivity index (χ0n) is 12.3. The molecule has 1 aliphatic rings. The fourth-order valence-electron chi connectivity index (χ4n) is 3.12. The maximum Gasteiger partial charge on any atom is 0.112 e. The molecular weight excluding hydrogens is 218 g/mol. The zero-order valence-corrected chi connectivity index (χ0v) is 12.3. The summed E-state index contributed by atoms with van der Waals surface area (Å²) < 4.78 is 0. The van der Waals surface area contributed by atoms with Crippen molar-refractivity contribution in [2.24, 2.45) is 0 Å². The molecule has 18 heavy (non-hydrogen) atoms. The molecule has 1 nitrogen and oxygen atoms in total. The lowest BCUT2D eigenvalue weighted by Crippen LogP contribution is -2.47. The third-order valence-corrected chi connectivity index (χ3v) is 4.18. The predicted octanol–water partition coefficient (Wildman–Crippen LogP) is 4.61. The van der Waals surface area contributed by atoms with Gasteiger partial charge in [-0.2, -0.15) is 0 Å². The lowest BCUT2D eigenvalue weighted by atomic mass is 9.86. The molecule has 0 amide bonds. The van der Waals surface area contributed by atoms with Crippen molar-refractivity contribution in [1.82, 2.24) is 0 Å². The molecule has 1 heteroatoms. The number of hydrogen-bond donors (Lipinski definition) is 0. The van der Waals surface area contributed by atoms with E-state index in [1.807, 2.05) is 0 Å². The molecule has 0 aromatic heterocycles. The number of nitrogens with zero attached hydrogens (tertiary/aromatic N) is 1. The van der Waals surface area contributed by atoms with Crippen molar-refractivity contribution in [3.8, 4) is 0 Å². The van der Waals surface area contributed by atoms with Crippen LogP contribution in [-0.4, -0.2) is 12.1 Å². The third kappa shape index (κ3) is 2.66. The zero-order chi connectivity index (χ0) is 13.2. The van der Waals surface area contributed by atoms with E-state index < -0.39 is 0 Å². The first-order valence-electron chi connectivity index (χ1n) is 7.21. The van der Waals surface area contributed by atoms with Gasteiger partial charge in [0.15, 0.2) is 0 Å². The molecule has 0 saturated heterocycles. The van der Waals surface area contributed by atoms with Crippen molar-refractivity contribution in [3.63, 3.8) is 0 Å². The standard InChI is InChI=1S/C17H26N/c1-5-14(2)13-17(3,4)18-12-8-10-15-9-6-7-11-16(15)18/h6-7,9,11H,5,8,10,12-13H2,1-4H3/q+1. The molecule has 0 radical (unpaired) electrons. The molecule has 0 saturated carbocycles. The first kappa shape index (κ1) is 13.3. The van der Waals surface area contributed by atoms with Crippen LogP contribution >= 0.6 is 0 Å². The molecule has 1 aliphatic heterocycles. The van der Waals surface area contributed by atoms with Crippen molar-refractivity contribution in [3.05, 3.63) is 35.7 Å². The molecule has 0 atom stereocenters. The van der Waals surface area contributed by atoms with Crippen LogP contribution in [0.3, 0.4) is 0 Å². The molecule has 1 heterocycles. The van der Waals surface area contributed by atoms with Crippen LogP contribution in [0.5, 0.6) is 0 Å². The van der Waals surface area contributed by atoms with Crippen LogP contribution in [0.4, 0.5) is 5.69 Å². The first-order chi connectivity index (χ1) is 8.54. The highest BCUT2D eigenvalue weighted by Crippen LogP contribution is 2.36. The monoisotopic (exact) mass is 244 g/mol. The van der Waals surface area contributed by atoms with Crippen molar-refractivity contribution < 1.29 is 0 Å². The summed E-state index contributed by atoms with van der Waals surface area (Å²) in [6.07, 6.45) is 4.90. The molecule has 1 aromatic rings. The smallest absolute Gasteiger partial charge is 0.112 e. The van der Waals surface area contributed by atoms with Gasteiger partial charge in [0.05, 0.1) is 24.8 Å². The van der Waals surface area contributed by atoms with E-state index in [9.17, 15) is 0 Å². The summed E-state index contributed by atoms with van der Waals surface area (Å²) in [7, 11) is 0. The van der Waals surface area contributed by atoms with E-state index in [1.165, 1.54) is 43.5 Å². The van der Waals surface area contributed by atoms with Crippen LogP contribution in [0.25, 0.3) is 0 Å². The Morgan fingerprint density at radius 3 is 2.72 bits per heavy atom. The molecule has 0 aliphatic carbocycles. The Bertz CT molecular complexity index is 394.